The Morgan fingerprint density at radius 1 is 1.11 bits per heavy atom. The fourth-order valence-corrected chi connectivity index (χ4v) is 5.92. The molecule has 0 aromatic heterocycles. The SMILES string of the molecule is COc1cc2c(cc1OC)N(C(=O)OCC(Cl)(Cl)Cl)[C@H](C(O[Si](C)C)C(C)(C)C)[C@@H]1CC(=O)CN1C2=O. The van der Waals surface area contributed by atoms with Gasteiger partial charge in [-0.1, -0.05) is 55.6 Å². The van der Waals surface area contributed by atoms with Gasteiger partial charge < -0.3 is 23.5 Å². The molecule has 0 bridgehead atoms. The Balaban J connectivity index is 2.33. The Kier molecular flexibility index (Phi) is 9.01. The molecule has 2 heterocycles. The Bertz CT molecular complexity index is 1060. The van der Waals surface area contributed by atoms with Crippen molar-refractivity contribution < 1.29 is 33.0 Å². The number of ether oxygens (including phenoxy) is 3. The van der Waals surface area contributed by atoms with Crippen LogP contribution >= 0.6 is 34.8 Å². The molecule has 3 atom stereocenters. The molecule has 1 aromatic rings. The summed E-state index contributed by atoms with van der Waals surface area (Å²) in [5, 5.41) is 0. The first kappa shape index (κ1) is 29.8. The average molecular weight is 595 g/mol. The molecular formula is C24H32Cl3N2O7Si. The van der Waals surface area contributed by atoms with Gasteiger partial charge in [0.25, 0.3) is 5.91 Å². The smallest absolute Gasteiger partial charge is 0.414 e. The molecule has 0 spiro atoms. The van der Waals surface area contributed by atoms with E-state index >= 15 is 0 Å². The summed E-state index contributed by atoms with van der Waals surface area (Å²) in [6, 6.07) is 1.58. The normalized spacial score (nSPS) is 20.9. The molecular weight excluding hydrogens is 563 g/mol. The van der Waals surface area contributed by atoms with E-state index in [0.29, 0.717) is 11.5 Å². The maximum absolute atomic E-state index is 13.9. The van der Waals surface area contributed by atoms with E-state index in [4.69, 9.17) is 53.4 Å². The van der Waals surface area contributed by atoms with Crippen LogP contribution in [0.5, 0.6) is 11.5 Å². The number of carbonyl (C=O) groups excluding carboxylic acids is 3. The van der Waals surface area contributed by atoms with Crippen molar-refractivity contribution >= 4 is 67.3 Å². The van der Waals surface area contributed by atoms with Crippen molar-refractivity contribution in [2.45, 2.75) is 62.3 Å². The molecule has 9 nitrogen and oxygen atoms in total. The van der Waals surface area contributed by atoms with Gasteiger partial charge in [-0.05, 0) is 24.6 Å². The van der Waals surface area contributed by atoms with Crippen LogP contribution in [0.25, 0.3) is 0 Å². The van der Waals surface area contributed by atoms with E-state index < -0.39 is 55.0 Å². The number of amides is 2. The fraction of sp³-hybridized carbons (Fsp3) is 0.625. The highest BCUT2D eigenvalue weighted by Crippen LogP contribution is 2.44. The molecule has 205 valence electrons. The number of carbonyl (C=O) groups is 3. The van der Waals surface area contributed by atoms with Crippen LogP contribution in [-0.2, 0) is 14.0 Å². The highest BCUT2D eigenvalue weighted by atomic mass is 35.6. The summed E-state index contributed by atoms with van der Waals surface area (Å²) in [5.41, 5.74) is -0.124. The Morgan fingerprint density at radius 3 is 2.22 bits per heavy atom. The second-order valence-corrected chi connectivity index (χ2v) is 14.9. The van der Waals surface area contributed by atoms with Gasteiger partial charge in [0, 0.05) is 12.5 Å². The summed E-state index contributed by atoms with van der Waals surface area (Å²) in [5.74, 6) is 0.0581. The van der Waals surface area contributed by atoms with Gasteiger partial charge in [-0.25, -0.2) is 4.79 Å². The molecule has 1 radical (unpaired) electrons. The number of alkyl halides is 3. The highest BCUT2D eigenvalue weighted by Gasteiger charge is 2.53. The lowest BCUT2D eigenvalue weighted by Crippen LogP contribution is -2.61. The zero-order chi connectivity index (χ0) is 27.9. The number of rotatable bonds is 6. The predicted molar refractivity (Wildman–Crippen MR) is 144 cm³/mol. The minimum absolute atomic E-state index is 0.0539. The number of ketones is 1. The first-order valence-electron chi connectivity index (χ1n) is 11.7. The molecule has 2 amide bonds. The number of anilines is 1. The summed E-state index contributed by atoms with van der Waals surface area (Å²) in [6.07, 6.45) is -1.38. The van der Waals surface area contributed by atoms with Gasteiger partial charge in [0.05, 0.1) is 50.2 Å². The van der Waals surface area contributed by atoms with Crippen LogP contribution in [0.15, 0.2) is 12.1 Å². The van der Waals surface area contributed by atoms with E-state index in [-0.39, 0.29) is 30.0 Å². The molecule has 0 N–H and O–H groups in total. The van der Waals surface area contributed by atoms with Crippen molar-refractivity contribution in [2.24, 2.45) is 5.41 Å². The summed E-state index contributed by atoms with van der Waals surface area (Å²) in [6.45, 7) is 9.30. The van der Waals surface area contributed by atoms with Crippen molar-refractivity contribution in [1.82, 2.24) is 4.90 Å². The van der Waals surface area contributed by atoms with Gasteiger partial charge in [-0.3, -0.25) is 14.5 Å². The van der Waals surface area contributed by atoms with Crippen molar-refractivity contribution in [1.29, 1.82) is 0 Å². The van der Waals surface area contributed by atoms with Crippen molar-refractivity contribution in [3.05, 3.63) is 17.7 Å². The molecule has 37 heavy (non-hydrogen) atoms. The zero-order valence-corrected chi connectivity index (χ0v) is 25.2. The van der Waals surface area contributed by atoms with Crippen molar-refractivity contribution in [3.8, 4) is 11.5 Å². The van der Waals surface area contributed by atoms with E-state index in [1.54, 1.807) is 6.07 Å². The molecule has 1 fully saturated rings. The van der Waals surface area contributed by atoms with E-state index in [9.17, 15) is 14.4 Å². The van der Waals surface area contributed by atoms with Crippen LogP contribution in [0.4, 0.5) is 10.5 Å². The largest absolute Gasteiger partial charge is 0.493 e. The molecule has 0 saturated carbocycles. The van der Waals surface area contributed by atoms with Gasteiger partial charge in [-0.2, -0.15) is 0 Å². The lowest BCUT2D eigenvalue weighted by Gasteiger charge is -2.45. The van der Waals surface area contributed by atoms with Crippen LogP contribution in [0.2, 0.25) is 13.1 Å². The average Bonchev–Trinajstić information content (AvgIpc) is 3.14. The summed E-state index contributed by atoms with van der Waals surface area (Å²) in [7, 11) is 1.61. The highest BCUT2D eigenvalue weighted by molar-refractivity contribution is 6.67. The maximum Gasteiger partial charge on any atom is 0.414 e. The Labute approximate surface area is 233 Å². The number of hydrogen-bond acceptors (Lipinski definition) is 7. The molecule has 3 rings (SSSR count). The Hall–Kier alpha value is -1.72. The lowest BCUT2D eigenvalue weighted by atomic mass is 9.80. The van der Waals surface area contributed by atoms with E-state index in [1.807, 2.05) is 33.9 Å². The van der Waals surface area contributed by atoms with Crippen molar-refractivity contribution in [2.75, 3.05) is 32.3 Å². The molecule has 1 aromatic carbocycles. The van der Waals surface area contributed by atoms with Crippen LogP contribution in [-0.4, -0.2) is 81.1 Å². The third-order valence-electron chi connectivity index (χ3n) is 6.21. The lowest BCUT2D eigenvalue weighted by molar-refractivity contribution is -0.116. The third-order valence-corrected chi connectivity index (χ3v) is 7.26. The number of methoxy groups -OCH3 is 2. The topological polar surface area (TPSA) is 94.6 Å². The summed E-state index contributed by atoms with van der Waals surface area (Å²) >= 11 is 17.6. The second-order valence-electron chi connectivity index (χ2n) is 10.3. The molecule has 1 saturated heterocycles. The molecule has 0 aliphatic carbocycles. The van der Waals surface area contributed by atoms with Gasteiger partial charge >= 0.3 is 6.09 Å². The molecule has 1 unspecified atom stereocenters. The maximum atomic E-state index is 13.9. The summed E-state index contributed by atoms with van der Waals surface area (Å²) in [4.78, 5) is 43.2. The third kappa shape index (κ3) is 6.47. The van der Waals surface area contributed by atoms with E-state index in [1.165, 1.54) is 30.1 Å². The minimum atomic E-state index is -1.86. The second kappa shape index (κ2) is 11.2. The van der Waals surface area contributed by atoms with E-state index in [0.717, 1.165) is 0 Å². The number of Topliss-reactive ketones (excluding diaryl/α,β-unsaturated/α-hetero) is 1. The van der Waals surface area contributed by atoms with Crippen LogP contribution < -0.4 is 14.4 Å². The number of halogens is 3. The Morgan fingerprint density at radius 2 is 1.70 bits per heavy atom. The van der Waals surface area contributed by atoms with Gasteiger partial charge in [0.1, 0.15) is 6.61 Å². The van der Waals surface area contributed by atoms with Crippen LogP contribution in [0.3, 0.4) is 0 Å². The molecule has 2 aliphatic rings. The summed E-state index contributed by atoms with van der Waals surface area (Å²) < 4.78 is 21.0. The number of benzene rings is 1. The standard InChI is InChI=1S/C24H32Cl3N2O7Si/c1-23(2,3)20(36-37(6)7)19-16-8-13(30)11-28(16)21(31)14-9-17(33-4)18(34-5)10-15(14)29(19)22(32)35-12-24(25,26)27/h9-10,16,19-20H,8,11-12H2,1-7H3/t16-,19-,20?/m0/s1. The number of hydrogen-bond donors (Lipinski definition) is 0. The molecule has 2 aliphatic heterocycles. The predicted octanol–water partition coefficient (Wildman–Crippen LogP) is 4.87. The quantitative estimate of drug-likeness (QED) is 0.343. The van der Waals surface area contributed by atoms with Crippen LogP contribution in [0.1, 0.15) is 37.6 Å². The zero-order valence-electron chi connectivity index (χ0n) is 21.9. The van der Waals surface area contributed by atoms with Gasteiger partial charge in [0.2, 0.25) is 12.8 Å². The fourth-order valence-electron chi connectivity index (χ4n) is 4.75. The van der Waals surface area contributed by atoms with Crippen LogP contribution in [0, 0.1) is 5.41 Å². The van der Waals surface area contributed by atoms with Gasteiger partial charge in [-0.15, -0.1) is 0 Å². The number of nitrogens with zero attached hydrogens (tertiary/aromatic N) is 2. The van der Waals surface area contributed by atoms with Crippen molar-refractivity contribution in [3.63, 3.8) is 0 Å². The van der Waals surface area contributed by atoms with Gasteiger partial charge in [0.15, 0.2) is 17.3 Å². The van der Waals surface area contributed by atoms with E-state index in [2.05, 4.69) is 0 Å². The first-order valence-corrected chi connectivity index (χ1v) is 15.2. The number of fused-ring (bicyclic) bond motifs is 2. The first-order chi connectivity index (χ1) is 17.1. The minimum Gasteiger partial charge on any atom is -0.493 e. The monoisotopic (exact) mass is 593 g/mol. The molecule has 13 heteroatoms.